The molecule has 2 N–H and O–H groups in total. The fraction of sp³-hybridized carbons (Fsp3) is 0.357. The van der Waals surface area contributed by atoms with Gasteiger partial charge in [-0.1, -0.05) is 12.1 Å². The summed E-state index contributed by atoms with van der Waals surface area (Å²) in [6, 6.07) is 6.98. The number of anilines is 2. The number of hydrogen-bond donors (Lipinski definition) is 2. The fourth-order valence-electron chi connectivity index (χ4n) is 1.80. The van der Waals surface area contributed by atoms with Crippen LogP contribution in [0.25, 0.3) is 11.3 Å². The summed E-state index contributed by atoms with van der Waals surface area (Å²) in [5, 5.41) is 5.76. The molecule has 0 radical (unpaired) electrons. The van der Waals surface area contributed by atoms with Crippen LogP contribution in [0.4, 0.5) is 15.2 Å². The highest BCUT2D eigenvalue weighted by molar-refractivity contribution is 7.92. The molecule has 2 rings (SSSR count). The molecule has 0 saturated heterocycles. The smallest absolute Gasteiger partial charge is 0.229 e. The van der Waals surface area contributed by atoms with Gasteiger partial charge in [0.05, 0.1) is 25.2 Å². The number of ether oxygens (including phenoxy) is 1. The van der Waals surface area contributed by atoms with E-state index in [1.165, 1.54) is 11.3 Å². The summed E-state index contributed by atoms with van der Waals surface area (Å²) >= 11 is 1.46. The largest absolute Gasteiger partial charge is 0.377 e. The first kappa shape index (κ1) is 17.6. The Kier molecular flexibility index (Phi) is 6.31. The van der Waals surface area contributed by atoms with E-state index >= 15 is 0 Å². The van der Waals surface area contributed by atoms with E-state index in [1.54, 1.807) is 24.3 Å². The lowest BCUT2D eigenvalue weighted by Gasteiger charge is -2.04. The van der Waals surface area contributed by atoms with E-state index in [2.05, 4.69) is 15.0 Å². The van der Waals surface area contributed by atoms with E-state index in [-0.39, 0.29) is 6.61 Å². The molecule has 0 atom stereocenters. The average molecular weight is 359 g/mol. The van der Waals surface area contributed by atoms with E-state index in [0.717, 1.165) is 22.6 Å². The van der Waals surface area contributed by atoms with Crippen molar-refractivity contribution in [3.05, 3.63) is 29.6 Å². The third-order valence-electron chi connectivity index (χ3n) is 2.73. The van der Waals surface area contributed by atoms with Crippen LogP contribution < -0.4 is 10.0 Å². The van der Waals surface area contributed by atoms with Crippen molar-refractivity contribution in [1.29, 1.82) is 0 Å². The van der Waals surface area contributed by atoms with Gasteiger partial charge in [-0.2, -0.15) is 0 Å². The number of halogens is 1. The van der Waals surface area contributed by atoms with E-state index < -0.39 is 16.7 Å². The topological polar surface area (TPSA) is 80.3 Å². The maximum atomic E-state index is 11.9. The number of nitrogens with one attached hydrogen (secondary N) is 2. The molecular weight excluding hydrogens is 341 g/mol. The fourth-order valence-corrected chi connectivity index (χ4v) is 3.11. The Morgan fingerprint density at radius 1 is 1.26 bits per heavy atom. The van der Waals surface area contributed by atoms with Crippen molar-refractivity contribution in [2.24, 2.45) is 0 Å². The van der Waals surface area contributed by atoms with Crippen LogP contribution in [0.15, 0.2) is 29.6 Å². The van der Waals surface area contributed by atoms with Crippen molar-refractivity contribution in [2.75, 3.05) is 42.7 Å². The van der Waals surface area contributed by atoms with Gasteiger partial charge in [0.25, 0.3) is 0 Å². The quantitative estimate of drug-likeness (QED) is 0.673. The van der Waals surface area contributed by atoms with E-state index in [0.29, 0.717) is 18.8 Å². The molecule has 0 amide bonds. The Balaban J connectivity index is 1.92. The Morgan fingerprint density at radius 2 is 2.00 bits per heavy atom. The van der Waals surface area contributed by atoms with E-state index in [1.807, 2.05) is 5.38 Å². The second-order valence-corrected chi connectivity index (χ2v) is 7.32. The van der Waals surface area contributed by atoms with Crippen molar-refractivity contribution in [3.63, 3.8) is 0 Å². The zero-order valence-corrected chi connectivity index (χ0v) is 14.2. The molecule has 23 heavy (non-hydrogen) atoms. The molecule has 0 aliphatic carbocycles. The predicted octanol–water partition coefficient (Wildman–Crippen LogP) is 2.58. The first-order valence-electron chi connectivity index (χ1n) is 6.89. The monoisotopic (exact) mass is 359 g/mol. The van der Waals surface area contributed by atoms with Gasteiger partial charge < -0.3 is 10.1 Å². The summed E-state index contributed by atoms with van der Waals surface area (Å²) in [6.45, 7) is 0.610. The average Bonchev–Trinajstić information content (AvgIpc) is 2.95. The molecule has 1 aromatic heterocycles. The number of rotatable bonds is 9. The van der Waals surface area contributed by atoms with Crippen LogP contribution in [0.5, 0.6) is 0 Å². The van der Waals surface area contributed by atoms with Crippen LogP contribution in [0.3, 0.4) is 0 Å². The lowest BCUT2D eigenvalue weighted by Crippen LogP contribution is -2.10. The van der Waals surface area contributed by atoms with Gasteiger partial charge >= 0.3 is 0 Å². The maximum Gasteiger partial charge on any atom is 0.229 e. The van der Waals surface area contributed by atoms with Crippen LogP contribution >= 0.6 is 11.3 Å². The number of hydrogen-bond acceptors (Lipinski definition) is 6. The highest BCUT2D eigenvalue weighted by Gasteiger charge is 2.06. The zero-order chi connectivity index (χ0) is 16.7. The summed E-state index contributed by atoms with van der Waals surface area (Å²) in [5.74, 6) is 0. The van der Waals surface area contributed by atoms with Crippen LogP contribution in [-0.4, -0.2) is 46.1 Å². The SMILES string of the molecule is CS(=O)(=O)Nc1ccc(-c2csc(NCCOCCF)n2)cc1. The minimum Gasteiger partial charge on any atom is -0.377 e. The molecule has 0 spiro atoms. The van der Waals surface area contributed by atoms with Crippen molar-refractivity contribution in [2.45, 2.75) is 0 Å². The molecule has 2 aromatic rings. The van der Waals surface area contributed by atoms with E-state index in [4.69, 9.17) is 4.74 Å². The van der Waals surface area contributed by atoms with Gasteiger partial charge in [0.15, 0.2) is 5.13 Å². The second-order valence-electron chi connectivity index (χ2n) is 4.72. The van der Waals surface area contributed by atoms with Crippen LogP contribution in [-0.2, 0) is 14.8 Å². The van der Waals surface area contributed by atoms with Gasteiger partial charge in [0.1, 0.15) is 6.67 Å². The standard InChI is InChI=1S/C14H18FN3O3S2/c1-23(19,20)18-12-4-2-11(3-5-12)13-10-22-14(17-13)16-7-9-21-8-6-15/h2-5,10,18H,6-9H2,1H3,(H,16,17). The first-order valence-corrected chi connectivity index (χ1v) is 9.66. The van der Waals surface area contributed by atoms with Crippen molar-refractivity contribution in [1.82, 2.24) is 4.98 Å². The molecule has 6 nitrogen and oxygen atoms in total. The van der Waals surface area contributed by atoms with Gasteiger partial charge in [-0.05, 0) is 12.1 Å². The Morgan fingerprint density at radius 3 is 2.65 bits per heavy atom. The number of thiazole rings is 1. The van der Waals surface area contributed by atoms with Gasteiger partial charge in [0.2, 0.25) is 10.0 Å². The molecule has 0 aliphatic rings. The van der Waals surface area contributed by atoms with Gasteiger partial charge in [-0.3, -0.25) is 4.72 Å². The summed E-state index contributed by atoms with van der Waals surface area (Å²) in [7, 11) is -3.28. The van der Waals surface area contributed by atoms with Crippen molar-refractivity contribution < 1.29 is 17.5 Å². The Hall–Kier alpha value is -1.71. The van der Waals surface area contributed by atoms with Crippen molar-refractivity contribution in [3.8, 4) is 11.3 Å². The maximum absolute atomic E-state index is 11.9. The molecule has 0 aliphatic heterocycles. The second kappa shape index (κ2) is 8.23. The summed E-state index contributed by atoms with van der Waals surface area (Å²) in [6.07, 6.45) is 1.11. The van der Waals surface area contributed by atoms with Gasteiger partial charge in [0, 0.05) is 23.2 Å². The Labute approximate surface area is 138 Å². The van der Waals surface area contributed by atoms with Crippen LogP contribution in [0.2, 0.25) is 0 Å². The number of sulfonamides is 1. The minimum absolute atomic E-state index is 0.110. The van der Waals surface area contributed by atoms with Crippen molar-refractivity contribution >= 4 is 32.2 Å². The Bertz CT molecular complexity index is 717. The molecule has 0 unspecified atom stereocenters. The molecule has 0 fully saturated rings. The van der Waals surface area contributed by atoms with Gasteiger partial charge in [-0.25, -0.2) is 17.8 Å². The molecule has 0 saturated carbocycles. The van der Waals surface area contributed by atoms with Crippen LogP contribution in [0.1, 0.15) is 0 Å². The highest BCUT2D eigenvalue weighted by atomic mass is 32.2. The summed E-state index contributed by atoms with van der Waals surface area (Å²) in [4.78, 5) is 4.44. The first-order chi connectivity index (χ1) is 11.0. The molecule has 9 heteroatoms. The van der Waals surface area contributed by atoms with Crippen LogP contribution in [0, 0.1) is 0 Å². The number of alkyl halides is 1. The lowest BCUT2D eigenvalue weighted by molar-refractivity contribution is 0.128. The summed E-state index contributed by atoms with van der Waals surface area (Å²) < 4.78 is 41.6. The molecule has 0 bridgehead atoms. The van der Waals surface area contributed by atoms with E-state index in [9.17, 15) is 12.8 Å². The molecule has 126 valence electrons. The molecule has 1 aromatic carbocycles. The zero-order valence-electron chi connectivity index (χ0n) is 12.6. The normalized spacial score (nSPS) is 11.4. The summed E-state index contributed by atoms with van der Waals surface area (Å²) in [5.41, 5.74) is 2.20. The van der Waals surface area contributed by atoms with Gasteiger partial charge in [-0.15, -0.1) is 11.3 Å². The predicted molar refractivity (Wildman–Crippen MR) is 91.3 cm³/mol. The third-order valence-corrected chi connectivity index (χ3v) is 4.14. The number of benzene rings is 1. The number of aromatic nitrogens is 1. The lowest BCUT2D eigenvalue weighted by atomic mass is 10.1. The third kappa shape index (κ3) is 6.12. The minimum atomic E-state index is -3.28. The highest BCUT2D eigenvalue weighted by Crippen LogP contribution is 2.26. The molecule has 1 heterocycles. The number of nitrogens with zero attached hydrogens (tertiary/aromatic N) is 1. The molecular formula is C14H18FN3O3S2.